The van der Waals surface area contributed by atoms with Gasteiger partial charge in [-0.05, 0) is 65.5 Å². The summed E-state index contributed by atoms with van der Waals surface area (Å²) < 4.78 is 14.4. The van der Waals surface area contributed by atoms with Gasteiger partial charge in [-0.2, -0.15) is 11.3 Å². The number of fused-ring (bicyclic) bond motifs is 1. The van der Waals surface area contributed by atoms with E-state index in [9.17, 15) is 4.39 Å². The highest BCUT2D eigenvalue weighted by Gasteiger charge is 2.14. The van der Waals surface area contributed by atoms with Crippen molar-refractivity contribution in [3.63, 3.8) is 0 Å². The molecule has 1 unspecified atom stereocenters. The highest BCUT2D eigenvalue weighted by atomic mass is 32.1. The summed E-state index contributed by atoms with van der Waals surface area (Å²) in [5, 5.41) is 8.62. The van der Waals surface area contributed by atoms with Gasteiger partial charge < -0.3 is 5.32 Å². The quantitative estimate of drug-likeness (QED) is 0.740. The monoisotopic (exact) mass is 291 g/mol. The fourth-order valence-electron chi connectivity index (χ4n) is 2.20. The van der Waals surface area contributed by atoms with E-state index >= 15 is 0 Å². The average molecular weight is 291 g/mol. The van der Waals surface area contributed by atoms with Gasteiger partial charge in [0, 0.05) is 15.6 Å². The van der Waals surface area contributed by atoms with Gasteiger partial charge in [0.05, 0.1) is 0 Å². The summed E-state index contributed by atoms with van der Waals surface area (Å²) in [5.41, 5.74) is 1.34. The molecule has 2 heterocycles. The van der Waals surface area contributed by atoms with Crippen molar-refractivity contribution in [2.24, 2.45) is 0 Å². The number of rotatable bonds is 4. The van der Waals surface area contributed by atoms with Gasteiger partial charge in [0.2, 0.25) is 0 Å². The number of likely N-dealkylation sites (N-methyl/N-ethyl adjacent to an activating group) is 1. The third-order valence-corrected chi connectivity index (χ3v) is 5.17. The molecule has 0 bridgehead atoms. The van der Waals surface area contributed by atoms with Crippen LogP contribution in [0.2, 0.25) is 0 Å². The number of halogens is 1. The molecule has 98 valence electrons. The Bertz CT molecular complexity index is 673. The van der Waals surface area contributed by atoms with E-state index in [-0.39, 0.29) is 11.9 Å². The van der Waals surface area contributed by atoms with Crippen molar-refractivity contribution in [3.05, 3.63) is 57.3 Å². The van der Waals surface area contributed by atoms with E-state index in [1.165, 1.54) is 16.5 Å². The second-order valence-corrected chi connectivity index (χ2v) is 6.40. The summed E-state index contributed by atoms with van der Waals surface area (Å²) in [7, 11) is 1.97. The summed E-state index contributed by atoms with van der Waals surface area (Å²) in [6, 6.07) is 9.52. The number of nitrogens with one attached hydrogen (secondary N) is 1. The van der Waals surface area contributed by atoms with Gasteiger partial charge in [-0.25, -0.2) is 4.39 Å². The first-order valence-corrected chi connectivity index (χ1v) is 7.89. The minimum absolute atomic E-state index is 0.171. The standard InChI is InChI=1S/C15H14FNS2/c1-17-13(6-10-4-5-18-9-10)15-8-11-7-12(16)2-3-14(11)19-15/h2-5,7-9,13,17H,6H2,1H3. The summed E-state index contributed by atoms with van der Waals surface area (Å²) in [6.07, 6.45) is 0.968. The maximum atomic E-state index is 13.2. The van der Waals surface area contributed by atoms with Gasteiger partial charge in [0.15, 0.2) is 0 Å². The van der Waals surface area contributed by atoms with Crippen LogP contribution in [-0.2, 0) is 6.42 Å². The Morgan fingerprint density at radius 2 is 2.16 bits per heavy atom. The third kappa shape index (κ3) is 2.71. The van der Waals surface area contributed by atoms with Crippen LogP contribution < -0.4 is 5.32 Å². The second kappa shape index (κ2) is 5.41. The predicted molar refractivity (Wildman–Crippen MR) is 81.6 cm³/mol. The van der Waals surface area contributed by atoms with Crippen LogP contribution >= 0.6 is 22.7 Å². The lowest BCUT2D eigenvalue weighted by atomic mass is 10.1. The van der Waals surface area contributed by atoms with Crippen LogP contribution in [0.3, 0.4) is 0 Å². The largest absolute Gasteiger partial charge is 0.312 e. The summed E-state index contributed by atoms with van der Waals surface area (Å²) in [5.74, 6) is -0.171. The second-order valence-electron chi connectivity index (χ2n) is 4.51. The number of hydrogen-bond donors (Lipinski definition) is 1. The Kier molecular flexibility index (Phi) is 3.64. The Balaban J connectivity index is 1.92. The van der Waals surface area contributed by atoms with E-state index in [0.29, 0.717) is 0 Å². The molecular formula is C15H14FNS2. The molecule has 3 rings (SSSR count). The first-order chi connectivity index (χ1) is 9.26. The molecule has 0 saturated heterocycles. The number of hydrogen-bond acceptors (Lipinski definition) is 3. The lowest BCUT2D eigenvalue weighted by Crippen LogP contribution is -2.17. The van der Waals surface area contributed by atoms with Gasteiger partial charge in [-0.1, -0.05) is 0 Å². The van der Waals surface area contributed by atoms with Gasteiger partial charge in [-0.15, -0.1) is 11.3 Å². The van der Waals surface area contributed by atoms with Crippen molar-refractivity contribution in [2.75, 3.05) is 7.05 Å². The lowest BCUT2D eigenvalue weighted by molar-refractivity contribution is 0.603. The summed E-state index contributed by atoms with van der Waals surface area (Å²) in [4.78, 5) is 1.26. The topological polar surface area (TPSA) is 12.0 Å². The van der Waals surface area contributed by atoms with E-state index < -0.39 is 0 Å². The zero-order chi connectivity index (χ0) is 13.2. The molecule has 0 fully saturated rings. The molecular weight excluding hydrogens is 277 g/mol. The molecule has 0 radical (unpaired) electrons. The predicted octanol–water partition coefficient (Wildman–Crippen LogP) is 4.61. The van der Waals surface area contributed by atoms with Crippen molar-refractivity contribution in [1.29, 1.82) is 0 Å². The fraction of sp³-hybridized carbons (Fsp3) is 0.200. The van der Waals surface area contributed by atoms with Crippen LogP contribution in [0.1, 0.15) is 16.5 Å². The molecule has 0 aliphatic rings. The Morgan fingerprint density at radius 1 is 1.26 bits per heavy atom. The molecule has 0 aliphatic carbocycles. The van der Waals surface area contributed by atoms with Crippen LogP contribution in [0.25, 0.3) is 10.1 Å². The molecule has 4 heteroatoms. The first kappa shape index (κ1) is 12.8. The maximum Gasteiger partial charge on any atom is 0.123 e. The molecule has 1 atom stereocenters. The smallest absolute Gasteiger partial charge is 0.123 e. The highest BCUT2D eigenvalue weighted by Crippen LogP contribution is 2.32. The van der Waals surface area contributed by atoms with Crippen molar-refractivity contribution < 1.29 is 4.39 Å². The zero-order valence-corrected chi connectivity index (χ0v) is 12.2. The molecule has 1 nitrogen and oxygen atoms in total. The molecule has 3 aromatic rings. The highest BCUT2D eigenvalue weighted by molar-refractivity contribution is 7.19. The lowest BCUT2D eigenvalue weighted by Gasteiger charge is -2.13. The molecule has 19 heavy (non-hydrogen) atoms. The molecule has 0 saturated carbocycles. The first-order valence-electron chi connectivity index (χ1n) is 6.13. The number of thiophene rings is 2. The van der Waals surface area contributed by atoms with E-state index in [1.807, 2.05) is 13.1 Å². The van der Waals surface area contributed by atoms with Gasteiger partial charge in [0.25, 0.3) is 0 Å². The van der Waals surface area contributed by atoms with Gasteiger partial charge in [0.1, 0.15) is 5.82 Å². The Labute approximate surface area is 119 Å². The summed E-state index contributed by atoms with van der Waals surface area (Å²) >= 11 is 3.46. The molecule has 1 aromatic carbocycles. The molecule has 0 spiro atoms. The van der Waals surface area contributed by atoms with Crippen molar-refractivity contribution in [2.45, 2.75) is 12.5 Å². The van der Waals surface area contributed by atoms with Gasteiger partial charge in [-0.3, -0.25) is 0 Å². The Hall–Kier alpha value is -1.23. The minimum atomic E-state index is -0.171. The third-order valence-electron chi connectivity index (χ3n) is 3.21. The van der Waals surface area contributed by atoms with E-state index in [4.69, 9.17) is 0 Å². The average Bonchev–Trinajstić information content (AvgIpc) is 3.03. The van der Waals surface area contributed by atoms with Crippen LogP contribution in [0.15, 0.2) is 41.1 Å². The molecule has 0 aliphatic heterocycles. The molecule has 0 amide bonds. The maximum absolute atomic E-state index is 13.2. The molecule has 2 aromatic heterocycles. The summed E-state index contributed by atoms with van der Waals surface area (Å²) in [6.45, 7) is 0. The van der Waals surface area contributed by atoms with E-state index in [1.54, 1.807) is 28.7 Å². The van der Waals surface area contributed by atoms with Crippen molar-refractivity contribution in [3.8, 4) is 0 Å². The van der Waals surface area contributed by atoms with Crippen LogP contribution in [0.5, 0.6) is 0 Å². The van der Waals surface area contributed by atoms with Crippen LogP contribution in [0.4, 0.5) is 4.39 Å². The van der Waals surface area contributed by atoms with E-state index in [0.717, 1.165) is 16.5 Å². The van der Waals surface area contributed by atoms with Crippen molar-refractivity contribution >= 4 is 32.8 Å². The van der Waals surface area contributed by atoms with E-state index in [2.05, 4.69) is 28.2 Å². The zero-order valence-electron chi connectivity index (χ0n) is 10.5. The number of benzene rings is 1. The Morgan fingerprint density at radius 3 is 2.89 bits per heavy atom. The van der Waals surface area contributed by atoms with Gasteiger partial charge >= 0.3 is 0 Å². The van der Waals surface area contributed by atoms with Crippen LogP contribution in [-0.4, -0.2) is 7.05 Å². The normalized spacial score (nSPS) is 12.9. The minimum Gasteiger partial charge on any atom is -0.312 e. The molecule has 1 N–H and O–H groups in total. The SMILES string of the molecule is CNC(Cc1ccsc1)c1cc2cc(F)ccc2s1. The van der Waals surface area contributed by atoms with Crippen molar-refractivity contribution in [1.82, 2.24) is 5.32 Å². The fourth-order valence-corrected chi connectivity index (χ4v) is 4.03. The van der Waals surface area contributed by atoms with Crippen LogP contribution in [0, 0.1) is 5.82 Å².